The molecule has 0 aliphatic heterocycles. The van der Waals surface area contributed by atoms with E-state index in [1.54, 1.807) is 12.3 Å². The van der Waals surface area contributed by atoms with Crippen LogP contribution in [0.5, 0.6) is 0 Å². The van der Waals surface area contributed by atoms with Gasteiger partial charge in [0.1, 0.15) is 23.3 Å². The van der Waals surface area contributed by atoms with Crippen LogP contribution in [0.3, 0.4) is 0 Å². The SMILES string of the molecule is Cc1ncc(CCNC(=O)OC(C)(C)C)n1Cc1ccc(C#N)c(F)c1. The Hall–Kier alpha value is -2.88. The summed E-state index contributed by atoms with van der Waals surface area (Å²) in [7, 11) is 0. The first-order valence-electron chi connectivity index (χ1n) is 8.36. The molecule has 0 aliphatic carbocycles. The topological polar surface area (TPSA) is 79.9 Å². The van der Waals surface area contributed by atoms with Gasteiger partial charge in [0.15, 0.2) is 0 Å². The number of rotatable bonds is 5. The molecule has 1 aromatic carbocycles. The van der Waals surface area contributed by atoms with Crippen LogP contribution in [0.1, 0.15) is 43.4 Å². The van der Waals surface area contributed by atoms with Crippen molar-refractivity contribution in [2.24, 2.45) is 0 Å². The highest BCUT2D eigenvalue weighted by Crippen LogP contribution is 2.14. The average molecular weight is 358 g/mol. The smallest absolute Gasteiger partial charge is 0.407 e. The van der Waals surface area contributed by atoms with Crippen molar-refractivity contribution < 1.29 is 13.9 Å². The molecule has 1 heterocycles. The van der Waals surface area contributed by atoms with Crippen molar-refractivity contribution in [3.8, 4) is 6.07 Å². The van der Waals surface area contributed by atoms with E-state index >= 15 is 0 Å². The molecule has 2 aromatic rings. The number of carbonyl (C=O) groups is 1. The van der Waals surface area contributed by atoms with E-state index in [0.29, 0.717) is 19.5 Å². The molecule has 1 aromatic heterocycles. The lowest BCUT2D eigenvalue weighted by atomic mass is 10.1. The molecular weight excluding hydrogens is 335 g/mol. The van der Waals surface area contributed by atoms with E-state index in [2.05, 4.69) is 10.3 Å². The lowest BCUT2D eigenvalue weighted by Gasteiger charge is -2.19. The normalized spacial score (nSPS) is 11.1. The lowest BCUT2D eigenvalue weighted by Crippen LogP contribution is -2.33. The van der Waals surface area contributed by atoms with Crippen molar-refractivity contribution in [3.05, 3.63) is 52.9 Å². The first kappa shape index (κ1) is 19.4. The summed E-state index contributed by atoms with van der Waals surface area (Å²) in [5.41, 5.74) is 1.15. The Morgan fingerprint density at radius 2 is 2.15 bits per heavy atom. The molecule has 2 rings (SSSR count). The van der Waals surface area contributed by atoms with Gasteiger partial charge in [-0.05, 0) is 45.4 Å². The molecule has 0 saturated heterocycles. The number of nitriles is 1. The van der Waals surface area contributed by atoms with Crippen LogP contribution in [0.25, 0.3) is 0 Å². The van der Waals surface area contributed by atoms with Gasteiger partial charge in [0.25, 0.3) is 0 Å². The zero-order valence-electron chi connectivity index (χ0n) is 15.5. The molecule has 0 bridgehead atoms. The summed E-state index contributed by atoms with van der Waals surface area (Å²) in [6, 6.07) is 6.37. The number of alkyl carbamates (subject to hydrolysis) is 1. The van der Waals surface area contributed by atoms with Crippen molar-refractivity contribution in [3.63, 3.8) is 0 Å². The number of aromatic nitrogens is 2. The Morgan fingerprint density at radius 3 is 2.77 bits per heavy atom. The maximum absolute atomic E-state index is 13.8. The zero-order valence-corrected chi connectivity index (χ0v) is 15.5. The molecule has 0 radical (unpaired) electrons. The Morgan fingerprint density at radius 1 is 1.42 bits per heavy atom. The third kappa shape index (κ3) is 5.31. The number of amides is 1. The summed E-state index contributed by atoms with van der Waals surface area (Å²) in [6.45, 7) is 8.13. The van der Waals surface area contributed by atoms with Crippen LogP contribution in [0.2, 0.25) is 0 Å². The number of halogens is 1. The number of nitrogens with zero attached hydrogens (tertiary/aromatic N) is 3. The molecule has 0 atom stereocenters. The minimum absolute atomic E-state index is 0.0258. The zero-order chi connectivity index (χ0) is 19.3. The second kappa shape index (κ2) is 8.00. The van der Waals surface area contributed by atoms with Crippen LogP contribution in [0.15, 0.2) is 24.4 Å². The van der Waals surface area contributed by atoms with Gasteiger partial charge in [-0.3, -0.25) is 0 Å². The summed E-state index contributed by atoms with van der Waals surface area (Å²) in [6.07, 6.45) is 1.85. The molecule has 7 heteroatoms. The van der Waals surface area contributed by atoms with Gasteiger partial charge in [0.2, 0.25) is 0 Å². The summed E-state index contributed by atoms with van der Waals surface area (Å²) in [5, 5.41) is 11.5. The number of benzene rings is 1. The molecule has 0 fully saturated rings. The number of imidazole rings is 1. The number of aryl methyl sites for hydroxylation is 1. The van der Waals surface area contributed by atoms with Crippen LogP contribution < -0.4 is 5.32 Å². The van der Waals surface area contributed by atoms with E-state index in [1.807, 2.05) is 38.3 Å². The second-order valence-electron chi connectivity index (χ2n) is 6.99. The third-order valence-electron chi connectivity index (χ3n) is 3.68. The highest BCUT2D eigenvalue weighted by Gasteiger charge is 2.16. The van der Waals surface area contributed by atoms with Crippen LogP contribution in [0.4, 0.5) is 9.18 Å². The fourth-order valence-corrected chi connectivity index (χ4v) is 2.47. The first-order chi connectivity index (χ1) is 12.2. The van der Waals surface area contributed by atoms with Gasteiger partial charge in [-0.2, -0.15) is 5.26 Å². The fourth-order valence-electron chi connectivity index (χ4n) is 2.47. The molecule has 0 saturated carbocycles. The van der Waals surface area contributed by atoms with Crippen LogP contribution >= 0.6 is 0 Å². The average Bonchev–Trinajstić information content (AvgIpc) is 2.87. The van der Waals surface area contributed by atoms with E-state index in [1.165, 1.54) is 12.1 Å². The number of nitrogens with one attached hydrogen (secondary N) is 1. The van der Waals surface area contributed by atoms with E-state index in [4.69, 9.17) is 10.00 Å². The summed E-state index contributed by atoms with van der Waals surface area (Å²) in [5.74, 6) is 0.262. The van der Waals surface area contributed by atoms with Crippen LogP contribution in [0, 0.1) is 24.1 Å². The number of ether oxygens (including phenoxy) is 1. The molecule has 0 unspecified atom stereocenters. The fraction of sp³-hybridized carbons (Fsp3) is 0.421. The Bertz CT molecular complexity index is 831. The summed E-state index contributed by atoms with van der Waals surface area (Å²) >= 11 is 0. The van der Waals surface area contributed by atoms with Crippen LogP contribution in [-0.4, -0.2) is 27.8 Å². The predicted molar refractivity (Wildman–Crippen MR) is 95.1 cm³/mol. The second-order valence-corrected chi connectivity index (χ2v) is 6.99. The van der Waals surface area contributed by atoms with E-state index < -0.39 is 17.5 Å². The summed E-state index contributed by atoms with van der Waals surface area (Å²) < 4.78 is 21.0. The minimum Gasteiger partial charge on any atom is -0.444 e. The van der Waals surface area contributed by atoms with Crippen molar-refractivity contribution >= 4 is 6.09 Å². The first-order valence-corrected chi connectivity index (χ1v) is 8.36. The highest BCUT2D eigenvalue weighted by molar-refractivity contribution is 5.67. The van der Waals surface area contributed by atoms with Gasteiger partial charge in [0.05, 0.1) is 5.56 Å². The van der Waals surface area contributed by atoms with Crippen molar-refractivity contribution in [2.45, 2.75) is 46.3 Å². The maximum Gasteiger partial charge on any atom is 0.407 e. The molecule has 26 heavy (non-hydrogen) atoms. The monoisotopic (exact) mass is 358 g/mol. The van der Waals surface area contributed by atoms with Crippen LogP contribution in [-0.2, 0) is 17.7 Å². The van der Waals surface area contributed by atoms with Gasteiger partial charge in [-0.25, -0.2) is 14.2 Å². The number of carbonyl (C=O) groups excluding carboxylic acids is 1. The lowest BCUT2D eigenvalue weighted by molar-refractivity contribution is 0.0528. The van der Waals surface area contributed by atoms with Gasteiger partial charge in [-0.1, -0.05) is 6.07 Å². The minimum atomic E-state index is -0.540. The molecule has 0 spiro atoms. The Kier molecular flexibility index (Phi) is 5.98. The quantitative estimate of drug-likeness (QED) is 0.889. The summed E-state index contributed by atoms with van der Waals surface area (Å²) in [4.78, 5) is 16.0. The van der Waals surface area contributed by atoms with Crippen molar-refractivity contribution in [1.82, 2.24) is 14.9 Å². The van der Waals surface area contributed by atoms with Gasteiger partial charge in [0, 0.05) is 31.4 Å². The van der Waals surface area contributed by atoms with Gasteiger partial charge >= 0.3 is 6.09 Å². The van der Waals surface area contributed by atoms with Crippen molar-refractivity contribution in [2.75, 3.05) is 6.54 Å². The molecular formula is C19H23FN4O2. The van der Waals surface area contributed by atoms with E-state index in [9.17, 15) is 9.18 Å². The molecule has 0 aliphatic rings. The molecule has 1 N–H and O–H groups in total. The Balaban J connectivity index is 2.01. The number of hydrogen-bond donors (Lipinski definition) is 1. The standard InChI is InChI=1S/C19H23FN4O2/c1-13-23-11-16(7-8-22-18(25)26-19(2,3)4)24(13)12-14-5-6-15(10-21)17(20)9-14/h5-6,9,11H,7-8,12H2,1-4H3,(H,22,25). The third-order valence-corrected chi connectivity index (χ3v) is 3.68. The highest BCUT2D eigenvalue weighted by atomic mass is 19.1. The van der Waals surface area contributed by atoms with Gasteiger partial charge < -0.3 is 14.6 Å². The number of hydrogen-bond acceptors (Lipinski definition) is 4. The largest absolute Gasteiger partial charge is 0.444 e. The predicted octanol–water partition coefficient (Wildman–Crippen LogP) is 3.32. The van der Waals surface area contributed by atoms with E-state index in [-0.39, 0.29) is 5.56 Å². The Labute approximate surface area is 152 Å². The maximum atomic E-state index is 13.8. The van der Waals surface area contributed by atoms with E-state index in [0.717, 1.165) is 17.1 Å². The molecule has 138 valence electrons. The molecule has 6 nitrogen and oxygen atoms in total. The van der Waals surface area contributed by atoms with Gasteiger partial charge in [-0.15, -0.1) is 0 Å². The molecule has 1 amide bonds. The van der Waals surface area contributed by atoms with Crippen molar-refractivity contribution in [1.29, 1.82) is 5.26 Å².